The number of amides is 2. The summed E-state index contributed by atoms with van der Waals surface area (Å²) < 4.78 is 0. The lowest BCUT2D eigenvalue weighted by atomic mass is 10.1. The quantitative estimate of drug-likeness (QED) is 0.733. The van der Waals surface area contributed by atoms with Crippen molar-refractivity contribution in [1.82, 2.24) is 9.80 Å². The lowest BCUT2D eigenvalue weighted by Crippen LogP contribution is -2.37. The van der Waals surface area contributed by atoms with Crippen LogP contribution < -0.4 is 4.90 Å². The number of halogens is 1. The number of benzene rings is 1. The van der Waals surface area contributed by atoms with Crippen molar-refractivity contribution >= 4 is 41.7 Å². The minimum atomic E-state index is -0.0849. The molecule has 1 aromatic carbocycles. The molecule has 1 aromatic rings. The first-order valence-corrected chi connectivity index (χ1v) is 8.93. The second kappa shape index (κ2) is 9.27. The standard InChI is InChI=1S/C18H25N3O2S.ClH/c1-13-7-6-8-14(2)18(13)21(10-9-19(3)4)15(22)11-17-20(5)16(23)12-24-17;/h6-8,11H,9-10,12H2,1-5H3;1H/b17-11-;. The average molecular weight is 384 g/mol. The van der Waals surface area contributed by atoms with E-state index in [0.29, 0.717) is 17.3 Å². The van der Waals surface area contributed by atoms with Gasteiger partial charge in [0.05, 0.1) is 10.8 Å². The lowest BCUT2D eigenvalue weighted by Gasteiger charge is -2.27. The molecule has 25 heavy (non-hydrogen) atoms. The molecule has 7 heteroatoms. The summed E-state index contributed by atoms with van der Waals surface area (Å²) >= 11 is 1.41. The van der Waals surface area contributed by atoms with Crippen LogP contribution in [0, 0.1) is 13.8 Å². The first-order chi connectivity index (χ1) is 11.3. The average Bonchev–Trinajstić information content (AvgIpc) is 2.81. The Morgan fingerprint density at radius 2 is 1.84 bits per heavy atom. The number of carbonyl (C=O) groups excluding carboxylic acids is 2. The zero-order valence-electron chi connectivity index (χ0n) is 15.4. The molecule has 1 fully saturated rings. The van der Waals surface area contributed by atoms with E-state index in [9.17, 15) is 9.59 Å². The van der Waals surface area contributed by atoms with Crippen molar-refractivity contribution < 1.29 is 9.59 Å². The largest absolute Gasteiger partial charge is 0.309 e. The zero-order chi connectivity index (χ0) is 17.9. The molecule has 0 aromatic heterocycles. The van der Waals surface area contributed by atoms with Gasteiger partial charge in [0.2, 0.25) is 5.91 Å². The number of thioether (sulfide) groups is 1. The maximum absolute atomic E-state index is 12.9. The minimum Gasteiger partial charge on any atom is -0.309 e. The molecular weight excluding hydrogens is 358 g/mol. The van der Waals surface area contributed by atoms with Gasteiger partial charge in [0.15, 0.2) is 0 Å². The van der Waals surface area contributed by atoms with E-state index in [4.69, 9.17) is 0 Å². The maximum atomic E-state index is 12.9. The third kappa shape index (κ3) is 5.23. The smallest absolute Gasteiger partial charge is 0.253 e. The van der Waals surface area contributed by atoms with Crippen molar-refractivity contribution in [2.24, 2.45) is 0 Å². The number of para-hydroxylation sites is 1. The maximum Gasteiger partial charge on any atom is 0.253 e. The summed E-state index contributed by atoms with van der Waals surface area (Å²) in [6, 6.07) is 6.04. The van der Waals surface area contributed by atoms with E-state index >= 15 is 0 Å². The molecule has 0 saturated carbocycles. The van der Waals surface area contributed by atoms with Gasteiger partial charge in [0.1, 0.15) is 0 Å². The van der Waals surface area contributed by atoms with Crippen LogP contribution in [0.4, 0.5) is 5.69 Å². The van der Waals surface area contributed by atoms with Gasteiger partial charge in [-0.1, -0.05) is 30.0 Å². The monoisotopic (exact) mass is 383 g/mol. The lowest BCUT2D eigenvalue weighted by molar-refractivity contribution is -0.124. The first-order valence-electron chi connectivity index (χ1n) is 7.94. The Balaban J connectivity index is 0.00000312. The number of hydrogen-bond donors (Lipinski definition) is 0. The van der Waals surface area contributed by atoms with Gasteiger partial charge < -0.3 is 14.7 Å². The second-order valence-corrected chi connectivity index (χ2v) is 7.25. The number of aryl methyl sites for hydroxylation is 2. The first kappa shape index (κ1) is 21.5. The molecule has 138 valence electrons. The molecule has 0 radical (unpaired) electrons. The van der Waals surface area contributed by atoms with Gasteiger partial charge in [0.25, 0.3) is 5.91 Å². The van der Waals surface area contributed by atoms with E-state index in [1.807, 2.05) is 51.0 Å². The van der Waals surface area contributed by atoms with Gasteiger partial charge in [-0.2, -0.15) is 0 Å². The van der Waals surface area contributed by atoms with Crippen molar-refractivity contribution in [3.05, 3.63) is 40.4 Å². The Morgan fingerprint density at radius 3 is 2.32 bits per heavy atom. The molecular formula is C18H26ClN3O2S. The fraction of sp³-hybridized carbons (Fsp3) is 0.444. The van der Waals surface area contributed by atoms with Crippen LogP contribution in [0.2, 0.25) is 0 Å². The Bertz CT molecular complexity index is 656. The van der Waals surface area contributed by atoms with E-state index in [1.54, 1.807) is 18.0 Å². The summed E-state index contributed by atoms with van der Waals surface area (Å²) in [7, 11) is 5.70. The number of hydrogen-bond acceptors (Lipinski definition) is 4. The van der Waals surface area contributed by atoms with E-state index in [-0.39, 0.29) is 24.2 Å². The van der Waals surface area contributed by atoms with Crippen molar-refractivity contribution in [3.8, 4) is 0 Å². The molecule has 1 aliphatic rings. The predicted molar refractivity (Wildman–Crippen MR) is 107 cm³/mol. The van der Waals surface area contributed by atoms with Crippen molar-refractivity contribution in [2.45, 2.75) is 13.8 Å². The van der Waals surface area contributed by atoms with Crippen LogP contribution >= 0.6 is 24.2 Å². The fourth-order valence-electron chi connectivity index (χ4n) is 2.64. The third-order valence-corrected chi connectivity index (χ3v) is 5.12. The Morgan fingerprint density at radius 1 is 1.24 bits per heavy atom. The van der Waals surface area contributed by atoms with Crippen molar-refractivity contribution in [1.29, 1.82) is 0 Å². The fourth-order valence-corrected chi connectivity index (χ4v) is 3.58. The topological polar surface area (TPSA) is 43.9 Å². The Kier molecular flexibility index (Phi) is 7.99. The van der Waals surface area contributed by atoms with Crippen LogP contribution in [0.3, 0.4) is 0 Å². The van der Waals surface area contributed by atoms with Crippen LogP contribution in [0.25, 0.3) is 0 Å². The van der Waals surface area contributed by atoms with Crippen LogP contribution in [0.1, 0.15) is 11.1 Å². The second-order valence-electron chi connectivity index (χ2n) is 6.26. The zero-order valence-corrected chi connectivity index (χ0v) is 17.0. The number of nitrogens with zero attached hydrogens (tertiary/aromatic N) is 3. The molecule has 0 spiro atoms. The molecule has 0 bridgehead atoms. The minimum absolute atomic E-state index is 0. The summed E-state index contributed by atoms with van der Waals surface area (Å²) in [4.78, 5) is 30.0. The molecule has 1 heterocycles. The van der Waals surface area contributed by atoms with Gasteiger partial charge >= 0.3 is 0 Å². The summed E-state index contributed by atoms with van der Waals surface area (Å²) in [6.45, 7) is 5.41. The van der Waals surface area contributed by atoms with Crippen molar-refractivity contribution in [2.75, 3.05) is 44.9 Å². The summed E-state index contributed by atoms with van der Waals surface area (Å²) in [6.07, 6.45) is 1.58. The predicted octanol–water partition coefficient (Wildman–Crippen LogP) is 2.67. The van der Waals surface area contributed by atoms with Gasteiger partial charge in [-0.25, -0.2) is 0 Å². The molecule has 0 atom stereocenters. The number of likely N-dealkylation sites (N-methyl/N-ethyl adjacent to an activating group) is 1. The van der Waals surface area contributed by atoms with Gasteiger partial charge in [-0.15, -0.1) is 12.4 Å². The SMILES string of the molecule is Cc1cccc(C)c1N(CCN(C)C)C(=O)/C=C1\SCC(=O)N1C.Cl. The van der Waals surface area contributed by atoms with Crippen LogP contribution in [-0.2, 0) is 9.59 Å². The number of carbonyl (C=O) groups is 2. The van der Waals surface area contributed by atoms with Gasteiger partial charge in [-0.05, 0) is 39.1 Å². The van der Waals surface area contributed by atoms with Crippen LogP contribution in [-0.4, -0.2) is 61.6 Å². The molecule has 0 N–H and O–H groups in total. The molecule has 2 amide bonds. The summed E-state index contributed by atoms with van der Waals surface area (Å²) in [5.41, 5.74) is 3.10. The van der Waals surface area contributed by atoms with Gasteiger partial charge in [-0.3, -0.25) is 9.59 Å². The molecule has 0 unspecified atom stereocenters. The highest BCUT2D eigenvalue weighted by molar-refractivity contribution is 8.04. The summed E-state index contributed by atoms with van der Waals surface area (Å²) in [5, 5.41) is 0.714. The van der Waals surface area contributed by atoms with Gasteiger partial charge in [0, 0.05) is 31.9 Å². The molecule has 1 saturated heterocycles. The van der Waals surface area contributed by atoms with E-state index in [0.717, 1.165) is 23.4 Å². The van der Waals surface area contributed by atoms with E-state index in [2.05, 4.69) is 4.90 Å². The van der Waals surface area contributed by atoms with Crippen molar-refractivity contribution in [3.63, 3.8) is 0 Å². The molecule has 1 aliphatic heterocycles. The van der Waals surface area contributed by atoms with Crippen LogP contribution in [0.15, 0.2) is 29.3 Å². The van der Waals surface area contributed by atoms with E-state index in [1.165, 1.54) is 11.8 Å². The number of rotatable bonds is 5. The number of anilines is 1. The summed E-state index contributed by atoms with van der Waals surface area (Å²) in [5.74, 6) is 0.348. The Labute approximate surface area is 160 Å². The highest BCUT2D eigenvalue weighted by atomic mass is 35.5. The normalized spacial score (nSPS) is 15.7. The van der Waals surface area contributed by atoms with Crippen LogP contribution in [0.5, 0.6) is 0 Å². The van der Waals surface area contributed by atoms with E-state index < -0.39 is 0 Å². The highest BCUT2D eigenvalue weighted by Gasteiger charge is 2.25. The highest BCUT2D eigenvalue weighted by Crippen LogP contribution is 2.29. The third-order valence-electron chi connectivity index (χ3n) is 4.04. The Hall–Kier alpha value is -1.50. The molecule has 0 aliphatic carbocycles. The molecule has 5 nitrogen and oxygen atoms in total. The molecule has 2 rings (SSSR count).